The number of carbonyl (C=O) groups is 1. The number of pyridine rings is 3. The van der Waals surface area contributed by atoms with Gasteiger partial charge in [0.2, 0.25) is 0 Å². The Morgan fingerprint density at radius 2 is 1.81 bits per heavy atom. The van der Waals surface area contributed by atoms with Gasteiger partial charge in [-0.1, -0.05) is 30.3 Å². The first kappa shape index (κ1) is 15.8. The fraction of sp³-hybridized carbons (Fsp3) is 0. The van der Waals surface area contributed by atoms with E-state index in [1.165, 1.54) is 12.3 Å². The summed E-state index contributed by atoms with van der Waals surface area (Å²) >= 11 is 0. The smallest absolute Gasteiger partial charge is 0.258 e. The van der Waals surface area contributed by atoms with Crippen molar-refractivity contribution in [1.82, 2.24) is 15.0 Å². The van der Waals surface area contributed by atoms with Crippen LogP contribution in [-0.2, 0) is 0 Å². The van der Waals surface area contributed by atoms with Crippen LogP contribution in [0.25, 0.3) is 22.3 Å². The molecule has 5 nitrogen and oxygen atoms in total. The molecule has 0 spiro atoms. The van der Waals surface area contributed by atoms with Crippen LogP contribution in [0.2, 0.25) is 0 Å². The first-order valence-electron chi connectivity index (χ1n) is 7.95. The van der Waals surface area contributed by atoms with Gasteiger partial charge >= 0.3 is 0 Å². The Balaban J connectivity index is 1.58. The molecule has 0 saturated heterocycles. The lowest BCUT2D eigenvalue weighted by Gasteiger charge is -2.07. The molecule has 0 aliphatic heterocycles. The Bertz CT molecular complexity index is 1100. The molecule has 0 radical (unpaired) electrons. The number of aromatic nitrogens is 3. The molecule has 0 saturated carbocycles. The topological polar surface area (TPSA) is 67.8 Å². The second-order valence-corrected chi connectivity index (χ2v) is 5.62. The molecule has 0 bridgehead atoms. The summed E-state index contributed by atoms with van der Waals surface area (Å²) in [5, 5.41) is 3.51. The first-order valence-corrected chi connectivity index (χ1v) is 7.95. The maximum Gasteiger partial charge on any atom is 0.258 e. The van der Waals surface area contributed by atoms with Crippen molar-refractivity contribution in [1.29, 1.82) is 0 Å². The van der Waals surface area contributed by atoms with E-state index in [4.69, 9.17) is 0 Å². The van der Waals surface area contributed by atoms with Crippen molar-refractivity contribution in [2.75, 3.05) is 5.32 Å². The van der Waals surface area contributed by atoms with Gasteiger partial charge in [0.15, 0.2) is 5.65 Å². The summed E-state index contributed by atoms with van der Waals surface area (Å²) in [4.78, 5) is 24.9. The molecule has 0 aliphatic rings. The maximum absolute atomic E-state index is 14.4. The highest BCUT2D eigenvalue weighted by Gasteiger charge is 2.13. The van der Waals surface area contributed by atoms with Crippen LogP contribution in [-0.4, -0.2) is 20.9 Å². The van der Waals surface area contributed by atoms with Crippen LogP contribution >= 0.6 is 0 Å². The van der Waals surface area contributed by atoms with Crippen molar-refractivity contribution >= 4 is 22.8 Å². The van der Waals surface area contributed by atoms with E-state index in [0.717, 1.165) is 5.39 Å². The number of rotatable bonds is 3. The van der Waals surface area contributed by atoms with E-state index in [-0.39, 0.29) is 11.3 Å². The Labute approximate surface area is 148 Å². The third kappa shape index (κ3) is 3.12. The molecule has 126 valence electrons. The largest absolute Gasteiger partial charge is 0.306 e. The molecule has 0 aliphatic carbocycles. The van der Waals surface area contributed by atoms with Crippen LogP contribution in [0.1, 0.15) is 10.4 Å². The monoisotopic (exact) mass is 344 g/mol. The Morgan fingerprint density at radius 1 is 0.962 bits per heavy atom. The number of hydrogen-bond acceptors (Lipinski definition) is 4. The van der Waals surface area contributed by atoms with Crippen LogP contribution < -0.4 is 5.32 Å². The molecule has 0 fully saturated rings. The van der Waals surface area contributed by atoms with Gasteiger partial charge in [-0.25, -0.2) is 14.4 Å². The van der Waals surface area contributed by atoms with Crippen LogP contribution in [0.15, 0.2) is 73.1 Å². The van der Waals surface area contributed by atoms with Gasteiger partial charge in [-0.05, 0) is 30.3 Å². The van der Waals surface area contributed by atoms with Gasteiger partial charge in [0.1, 0.15) is 17.3 Å². The molecule has 0 unspecified atom stereocenters. The van der Waals surface area contributed by atoms with Gasteiger partial charge in [0.25, 0.3) is 5.91 Å². The summed E-state index contributed by atoms with van der Waals surface area (Å²) in [6.07, 6.45) is 2.97. The Kier molecular flexibility index (Phi) is 4.07. The van der Waals surface area contributed by atoms with Crippen LogP contribution in [0, 0.1) is 5.82 Å². The molecule has 1 amide bonds. The number of nitrogens with one attached hydrogen (secondary N) is 1. The molecule has 6 heteroatoms. The molecule has 3 aromatic heterocycles. The van der Waals surface area contributed by atoms with E-state index in [9.17, 15) is 9.18 Å². The second kappa shape index (κ2) is 6.68. The van der Waals surface area contributed by atoms with E-state index in [0.29, 0.717) is 17.0 Å². The Morgan fingerprint density at radius 3 is 2.62 bits per heavy atom. The highest BCUT2D eigenvalue weighted by Crippen LogP contribution is 2.21. The molecule has 1 N–H and O–H groups in total. The molecule has 4 rings (SSSR count). The van der Waals surface area contributed by atoms with Crippen LogP contribution in [0.5, 0.6) is 0 Å². The molecule has 0 atom stereocenters. The van der Waals surface area contributed by atoms with Crippen molar-refractivity contribution in [3.05, 3.63) is 84.4 Å². The van der Waals surface area contributed by atoms with Crippen molar-refractivity contribution in [3.8, 4) is 11.3 Å². The lowest BCUT2D eigenvalue weighted by Crippen LogP contribution is -2.14. The predicted octanol–water partition coefficient (Wildman–Crippen LogP) is 4.08. The van der Waals surface area contributed by atoms with Crippen LogP contribution in [0.4, 0.5) is 10.2 Å². The van der Waals surface area contributed by atoms with E-state index in [1.807, 2.05) is 24.3 Å². The zero-order valence-electron chi connectivity index (χ0n) is 13.6. The summed E-state index contributed by atoms with van der Waals surface area (Å²) in [7, 11) is 0. The summed E-state index contributed by atoms with van der Waals surface area (Å²) in [6, 6.07) is 17.3. The highest BCUT2D eigenvalue weighted by atomic mass is 19.1. The van der Waals surface area contributed by atoms with E-state index in [1.54, 1.807) is 36.5 Å². The molecule has 1 aromatic carbocycles. The molecule has 26 heavy (non-hydrogen) atoms. The summed E-state index contributed by atoms with van der Waals surface area (Å²) < 4.78 is 14.4. The van der Waals surface area contributed by atoms with Crippen molar-refractivity contribution in [3.63, 3.8) is 0 Å². The van der Waals surface area contributed by atoms with Gasteiger partial charge in [-0.3, -0.25) is 9.78 Å². The molecular formula is C20H13FN4O. The molecule has 3 heterocycles. The third-order valence-corrected chi connectivity index (χ3v) is 3.86. The normalized spacial score (nSPS) is 10.7. The number of carbonyl (C=O) groups excluding carboxylic acids is 1. The van der Waals surface area contributed by atoms with Crippen molar-refractivity contribution in [2.45, 2.75) is 0 Å². The predicted molar refractivity (Wildman–Crippen MR) is 97.1 cm³/mol. The fourth-order valence-electron chi connectivity index (χ4n) is 2.58. The molecular weight excluding hydrogens is 331 g/mol. The van der Waals surface area contributed by atoms with Crippen molar-refractivity contribution in [2.24, 2.45) is 0 Å². The number of fused-ring (bicyclic) bond motifs is 1. The fourth-order valence-corrected chi connectivity index (χ4v) is 2.58. The average Bonchev–Trinajstić information content (AvgIpc) is 2.68. The quantitative estimate of drug-likeness (QED) is 0.608. The zero-order chi connectivity index (χ0) is 17.9. The van der Waals surface area contributed by atoms with E-state index >= 15 is 0 Å². The number of hydrogen-bond donors (Lipinski definition) is 1. The summed E-state index contributed by atoms with van der Waals surface area (Å²) in [6.45, 7) is 0. The Hall–Kier alpha value is -3.67. The van der Waals surface area contributed by atoms with Gasteiger partial charge in [-0.2, -0.15) is 0 Å². The number of nitrogens with zero attached hydrogens (tertiary/aromatic N) is 3. The number of amides is 1. The lowest BCUT2D eigenvalue weighted by atomic mass is 10.1. The lowest BCUT2D eigenvalue weighted by molar-refractivity contribution is 0.102. The standard InChI is InChI=1S/C20H13FN4O/c21-16-11-15(12-23-18(16)13-5-2-1-3-6-13)20(26)25-17-9-8-14-7-4-10-22-19(14)24-17/h1-12H,(H,22,24,25,26). The van der Waals surface area contributed by atoms with E-state index < -0.39 is 11.7 Å². The highest BCUT2D eigenvalue weighted by molar-refractivity contribution is 6.04. The van der Waals surface area contributed by atoms with Crippen molar-refractivity contribution < 1.29 is 9.18 Å². The first-order chi connectivity index (χ1) is 12.7. The average molecular weight is 344 g/mol. The van der Waals surface area contributed by atoms with Gasteiger partial charge < -0.3 is 5.32 Å². The minimum Gasteiger partial charge on any atom is -0.306 e. The van der Waals surface area contributed by atoms with E-state index in [2.05, 4.69) is 20.3 Å². The van der Waals surface area contributed by atoms with Gasteiger partial charge in [0.05, 0.1) is 5.56 Å². The summed E-state index contributed by atoms with van der Waals surface area (Å²) in [5.74, 6) is -0.704. The number of benzene rings is 1. The maximum atomic E-state index is 14.4. The minimum absolute atomic E-state index is 0.116. The second-order valence-electron chi connectivity index (χ2n) is 5.62. The van der Waals surface area contributed by atoms with Crippen LogP contribution in [0.3, 0.4) is 0 Å². The summed E-state index contributed by atoms with van der Waals surface area (Å²) in [5.41, 5.74) is 1.49. The number of anilines is 1. The SMILES string of the molecule is O=C(Nc1ccc2cccnc2n1)c1cnc(-c2ccccc2)c(F)c1. The zero-order valence-corrected chi connectivity index (χ0v) is 13.6. The van der Waals surface area contributed by atoms with Gasteiger partial charge in [-0.15, -0.1) is 0 Å². The number of halogens is 1. The molecule has 4 aromatic rings. The van der Waals surface area contributed by atoms with Gasteiger partial charge in [0, 0.05) is 23.3 Å². The minimum atomic E-state index is -0.558. The third-order valence-electron chi connectivity index (χ3n) is 3.86.